The van der Waals surface area contributed by atoms with Crippen LogP contribution in [0.1, 0.15) is 22.9 Å². The van der Waals surface area contributed by atoms with E-state index in [2.05, 4.69) is 15.5 Å². The van der Waals surface area contributed by atoms with E-state index < -0.39 is 5.92 Å². The average Bonchev–Trinajstić information content (AvgIpc) is 3.15. The number of pyridine rings is 1. The van der Waals surface area contributed by atoms with Gasteiger partial charge in [-0.15, -0.1) is 10.2 Å². The molecule has 1 aliphatic rings. The molecule has 3 heterocycles. The van der Waals surface area contributed by atoms with Crippen molar-refractivity contribution in [2.75, 3.05) is 6.54 Å². The first kappa shape index (κ1) is 16.5. The van der Waals surface area contributed by atoms with Gasteiger partial charge in [-0.1, -0.05) is 42.5 Å². The molecule has 0 aliphatic carbocycles. The Balaban J connectivity index is 1.37. The molecule has 5 rings (SSSR count). The van der Waals surface area contributed by atoms with Crippen LogP contribution in [0.15, 0.2) is 72.9 Å². The predicted molar refractivity (Wildman–Crippen MR) is 105 cm³/mol. The minimum Gasteiger partial charge on any atom is -0.457 e. The minimum absolute atomic E-state index is 0.0444. The maximum absolute atomic E-state index is 13.1. The van der Waals surface area contributed by atoms with Crippen LogP contribution in [0.2, 0.25) is 0 Å². The largest absolute Gasteiger partial charge is 0.457 e. The Labute approximate surface area is 161 Å². The van der Waals surface area contributed by atoms with Crippen LogP contribution in [0.4, 0.5) is 0 Å². The second kappa shape index (κ2) is 6.81. The van der Waals surface area contributed by atoms with Crippen molar-refractivity contribution < 1.29 is 9.53 Å². The average molecular weight is 370 g/mol. The summed E-state index contributed by atoms with van der Waals surface area (Å²) in [5, 5.41) is 11.4. The molecule has 0 saturated heterocycles. The molecule has 0 radical (unpaired) electrons. The summed E-state index contributed by atoms with van der Waals surface area (Å²) in [4.78, 5) is 13.1. The fourth-order valence-electron chi connectivity index (χ4n) is 3.65. The predicted octanol–water partition coefficient (Wildman–Crippen LogP) is 3.33. The summed E-state index contributed by atoms with van der Waals surface area (Å²) in [6, 6.07) is 21.1. The number of carbonyl (C=O) groups excluding carboxylic acids is 1. The molecule has 28 heavy (non-hydrogen) atoms. The van der Waals surface area contributed by atoms with Gasteiger partial charge < -0.3 is 10.1 Å². The monoisotopic (exact) mass is 370 g/mol. The Morgan fingerprint density at radius 1 is 0.929 bits per heavy atom. The maximum Gasteiger partial charge on any atom is 0.232 e. The van der Waals surface area contributed by atoms with E-state index in [0.29, 0.717) is 13.0 Å². The van der Waals surface area contributed by atoms with Gasteiger partial charge in [-0.05, 0) is 24.3 Å². The molecule has 0 atom stereocenters. The molecule has 0 bridgehead atoms. The number of ether oxygens (including phenoxy) is 1. The van der Waals surface area contributed by atoms with Crippen molar-refractivity contribution in [2.45, 2.75) is 12.3 Å². The highest BCUT2D eigenvalue weighted by molar-refractivity contribution is 5.89. The summed E-state index contributed by atoms with van der Waals surface area (Å²) in [7, 11) is 0. The van der Waals surface area contributed by atoms with Crippen molar-refractivity contribution in [1.82, 2.24) is 19.9 Å². The quantitative estimate of drug-likeness (QED) is 0.598. The third-order valence-electron chi connectivity index (χ3n) is 4.97. The van der Waals surface area contributed by atoms with Crippen molar-refractivity contribution in [1.29, 1.82) is 0 Å². The van der Waals surface area contributed by atoms with Crippen molar-refractivity contribution >= 4 is 11.6 Å². The van der Waals surface area contributed by atoms with Crippen LogP contribution in [0, 0.1) is 0 Å². The molecule has 1 amide bonds. The molecule has 2 aromatic carbocycles. The van der Waals surface area contributed by atoms with Crippen molar-refractivity contribution in [2.24, 2.45) is 0 Å². The number of carbonyl (C=O) groups is 1. The summed E-state index contributed by atoms with van der Waals surface area (Å²) in [5.41, 5.74) is 2.56. The Bertz CT molecular complexity index is 1120. The number of nitrogens with zero attached hydrogens (tertiary/aromatic N) is 3. The molecule has 4 aromatic rings. The van der Waals surface area contributed by atoms with Crippen molar-refractivity contribution in [3.8, 4) is 11.5 Å². The van der Waals surface area contributed by atoms with Crippen LogP contribution >= 0.6 is 0 Å². The molecule has 0 fully saturated rings. The molecular formula is C22H18N4O2. The van der Waals surface area contributed by atoms with Gasteiger partial charge in [0.1, 0.15) is 17.3 Å². The smallest absolute Gasteiger partial charge is 0.232 e. The van der Waals surface area contributed by atoms with Gasteiger partial charge in [-0.25, -0.2) is 0 Å². The highest BCUT2D eigenvalue weighted by atomic mass is 16.5. The molecule has 6 nitrogen and oxygen atoms in total. The lowest BCUT2D eigenvalue weighted by Gasteiger charge is -2.27. The van der Waals surface area contributed by atoms with E-state index in [1.54, 1.807) is 0 Å². The van der Waals surface area contributed by atoms with Crippen LogP contribution in [0.3, 0.4) is 0 Å². The summed E-state index contributed by atoms with van der Waals surface area (Å²) in [6.07, 6.45) is 2.53. The summed E-state index contributed by atoms with van der Waals surface area (Å²) in [6.45, 7) is 0.482. The van der Waals surface area contributed by atoms with E-state index in [1.807, 2.05) is 77.3 Å². The van der Waals surface area contributed by atoms with Gasteiger partial charge in [0.25, 0.3) is 0 Å². The number of fused-ring (bicyclic) bond motifs is 3. The zero-order valence-corrected chi connectivity index (χ0v) is 15.1. The lowest BCUT2D eigenvalue weighted by atomic mass is 9.87. The van der Waals surface area contributed by atoms with Gasteiger partial charge in [-0.3, -0.25) is 9.20 Å². The molecule has 2 aromatic heterocycles. The number of benzene rings is 2. The normalized spacial score (nSPS) is 12.9. The van der Waals surface area contributed by atoms with E-state index in [-0.39, 0.29) is 5.91 Å². The molecule has 0 spiro atoms. The number of hydrogen-bond acceptors (Lipinski definition) is 4. The van der Waals surface area contributed by atoms with Gasteiger partial charge >= 0.3 is 0 Å². The van der Waals surface area contributed by atoms with Crippen LogP contribution in [-0.4, -0.2) is 27.0 Å². The number of rotatable bonds is 4. The summed E-state index contributed by atoms with van der Waals surface area (Å²) >= 11 is 0. The molecule has 1 aliphatic heterocycles. The number of hydrogen-bond donors (Lipinski definition) is 1. The third-order valence-corrected chi connectivity index (χ3v) is 4.97. The molecule has 0 unspecified atom stereocenters. The van der Waals surface area contributed by atoms with Gasteiger partial charge in [0.15, 0.2) is 5.65 Å². The second-order valence-corrected chi connectivity index (χ2v) is 6.70. The van der Waals surface area contributed by atoms with Gasteiger partial charge in [0.2, 0.25) is 5.91 Å². The fourth-order valence-corrected chi connectivity index (χ4v) is 3.65. The van der Waals surface area contributed by atoms with E-state index in [9.17, 15) is 4.79 Å². The summed E-state index contributed by atoms with van der Waals surface area (Å²) < 4.78 is 7.90. The molecule has 1 N–H and O–H groups in total. The number of nitrogens with one attached hydrogen (secondary N) is 1. The van der Waals surface area contributed by atoms with E-state index in [1.165, 1.54) is 0 Å². The number of aromatic nitrogens is 3. The summed E-state index contributed by atoms with van der Waals surface area (Å²) in [5.74, 6) is 1.84. The van der Waals surface area contributed by atoms with E-state index in [0.717, 1.165) is 34.1 Å². The highest BCUT2D eigenvalue weighted by Gasteiger charge is 2.32. The second-order valence-electron chi connectivity index (χ2n) is 6.70. The minimum atomic E-state index is -0.392. The molecule has 138 valence electrons. The topological polar surface area (TPSA) is 68.5 Å². The van der Waals surface area contributed by atoms with Crippen molar-refractivity contribution in [3.05, 3.63) is 89.9 Å². The van der Waals surface area contributed by atoms with Gasteiger partial charge in [0, 0.05) is 30.3 Å². The Morgan fingerprint density at radius 2 is 1.61 bits per heavy atom. The zero-order chi connectivity index (χ0) is 18.9. The molecule has 6 heteroatoms. The van der Waals surface area contributed by atoms with Crippen LogP contribution in [0.25, 0.3) is 5.65 Å². The number of amides is 1. The zero-order valence-electron chi connectivity index (χ0n) is 15.1. The first-order chi connectivity index (χ1) is 13.8. The first-order valence-electron chi connectivity index (χ1n) is 9.23. The Kier molecular flexibility index (Phi) is 4.01. The van der Waals surface area contributed by atoms with Crippen molar-refractivity contribution in [3.63, 3.8) is 0 Å². The SMILES string of the molecule is O=C(NCCc1nnc2ccccn12)C1c2ccccc2Oc2ccccc21. The van der Waals surface area contributed by atoms with Gasteiger partial charge in [0.05, 0.1) is 5.92 Å². The van der Waals surface area contributed by atoms with Crippen LogP contribution < -0.4 is 10.1 Å². The Morgan fingerprint density at radius 3 is 2.36 bits per heavy atom. The number of para-hydroxylation sites is 2. The maximum atomic E-state index is 13.1. The molecular weight excluding hydrogens is 352 g/mol. The lowest BCUT2D eigenvalue weighted by molar-refractivity contribution is -0.121. The van der Waals surface area contributed by atoms with Crippen LogP contribution in [-0.2, 0) is 11.2 Å². The third kappa shape index (κ3) is 2.79. The molecule has 0 saturated carbocycles. The standard InChI is InChI=1S/C22H18N4O2/c27-22(23-13-12-20-25-24-19-11-5-6-14-26(19)20)21-15-7-1-3-9-17(15)28-18-10-4-2-8-16(18)21/h1-11,14,21H,12-13H2,(H,23,27). The Hall–Kier alpha value is -3.67. The highest BCUT2D eigenvalue weighted by Crippen LogP contribution is 2.43. The van der Waals surface area contributed by atoms with Crippen LogP contribution in [0.5, 0.6) is 11.5 Å². The first-order valence-corrected chi connectivity index (χ1v) is 9.23. The van der Waals surface area contributed by atoms with E-state index in [4.69, 9.17) is 4.74 Å². The fraction of sp³-hybridized carbons (Fsp3) is 0.136. The lowest BCUT2D eigenvalue weighted by Crippen LogP contribution is -2.33. The van der Waals surface area contributed by atoms with E-state index >= 15 is 0 Å². The van der Waals surface area contributed by atoms with Gasteiger partial charge in [-0.2, -0.15) is 0 Å².